The molecule has 0 bridgehead atoms. The maximum absolute atomic E-state index is 13.5. The van der Waals surface area contributed by atoms with Crippen LogP contribution in [0.3, 0.4) is 0 Å². The molecule has 0 heterocycles. The Morgan fingerprint density at radius 2 is 2.14 bits per heavy atom. The topological polar surface area (TPSA) is 72.2 Å². The molecule has 0 radical (unpaired) electrons. The van der Waals surface area contributed by atoms with E-state index in [2.05, 4.69) is 11.6 Å². The maximum atomic E-state index is 13.5. The van der Waals surface area contributed by atoms with Gasteiger partial charge in [0.25, 0.3) is 0 Å². The lowest BCUT2D eigenvalue weighted by Crippen LogP contribution is -2.38. The van der Waals surface area contributed by atoms with E-state index in [1.54, 1.807) is 0 Å². The standard InChI is InChI=1S/C14H19FN2O2S2/c1-9-3-2-4-10(7-9)17-21(18,19)11-5-6-13(15)12(8-11)14(16)20/h5-6,8-10,17H,2-4,7H2,1H3,(H2,16,20). The number of rotatable bonds is 4. The molecule has 4 nitrogen and oxygen atoms in total. The average molecular weight is 330 g/mol. The summed E-state index contributed by atoms with van der Waals surface area (Å²) in [6.07, 6.45) is 3.78. The summed E-state index contributed by atoms with van der Waals surface area (Å²) in [5.41, 5.74) is 5.35. The Balaban J connectivity index is 2.23. The first-order chi connectivity index (χ1) is 9.79. The summed E-state index contributed by atoms with van der Waals surface area (Å²) in [6, 6.07) is 3.42. The zero-order valence-corrected chi connectivity index (χ0v) is 13.4. The van der Waals surface area contributed by atoms with Gasteiger partial charge in [0.15, 0.2) is 0 Å². The molecule has 2 unspecified atom stereocenters. The van der Waals surface area contributed by atoms with Gasteiger partial charge in [-0.3, -0.25) is 0 Å². The number of hydrogen-bond acceptors (Lipinski definition) is 3. The molecule has 0 spiro atoms. The van der Waals surface area contributed by atoms with E-state index in [-0.39, 0.29) is 21.5 Å². The smallest absolute Gasteiger partial charge is 0.240 e. The second-order valence-corrected chi connectivity index (χ2v) is 7.75. The molecule has 3 N–H and O–H groups in total. The summed E-state index contributed by atoms with van der Waals surface area (Å²) in [5, 5.41) is 0. The molecule has 0 aromatic heterocycles. The van der Waals surface area contributed by atoms with Gasteiger partial charge in [0.2, 0.25) is 10.0 Å². The fraction of sp³-hybridized carbons (Fsp3) is 0.500. The van der Waals surface area contributed by atoms with Gasteiger partial charge in [0, 0.05) is 11.6 Å². The molecule has 2 rings (SSSR count). The van der Waals surface area contributed by atoms with Crippen LogP contribution in [0, 0.1) is 11.7 Å². The summed E-state index contributed by atoms with van der Waals surface area (Å²) in [5.74, 6) is -0.111. The van der Waals surface area contributed by atoms with E-state index >= 15 is 0 Å². The van der Waals surface area contributed by atoms with E-state index < -0.39 is 15.8 Å². The van der Waals surface area contributed by atoms with Gasteiger partial charge < -0.3 is 5.73 Å². The van der Waals surface area contributed by atoms with E-state index in [0.29, 0.717) is 5.92 Å². The van der Waals surface area contributed by atoms with Crippen molar-refractivity contribution in [1.29, 1.82) is 0 Å². The molecule has 0 aliphatic heterocycles. The van der Waals surface area contributed by atoms with Gasteiger partial charge in [-0.2, -0.15) is 0 Å². The van der Waals surface area contributed by atoms with Gasteiger partial charge >= 0.3 is 0 Å². The van der Waals surface area contributed by atoms with Gasteiger partial charge in [0.05, 0.1) is 4.90 Å². The largest absolute Gasteiger partial charge is 0.389 e. The molecular formula is C14H19FN2O2S2. The van der Waals surface area contributed by atoms with Crippen molar-refractivity contribution in [3.05, 3.63) is 29.6 Å². The van der Waals surface area contributed by atoms with E-state index in [1.807, 2.05) is 0 Å². The summed E-state index contributed by atoms with van der Waals surface area (Å²) >= 11 is 4.73. The molecule has 116 valence electrons. The summed E-state index contributed by atoms with van der Waals surface area (Å²) in [6.45, 7) is 2.11. The molecule has 0 saturated heterocycles. The van der Waals surface area contributed by atoms with Crippen molar-refractivity contribution in [1.82, 2.24) is 4.72 Å². The SMILES string of the molecule is CC1CCCC(NS(=O)(=O)c2ccc(F)c(C(N)=S)c2)C1. The van der Waals surface area contributed by atoms with E-state index in [4.69, 9.17) is 18.0 Å². The number of hydrogen-bond donors (Lipinski definition) is 2. The second kappa shape index (κ2) is 6.37. The van der Waals surface area contributed by atoms with Crippen LogP contribution in [0.4, 0.5) is 4.39 Å². The third-order valence-corrected chi connectivity index (χ3v) is 5.51. The van der Waals surface area contributed by atoms with Crippen molar-refractivity contribution in [2.24, 2.45) is 11.7 Å². The molecule has 21 heavy (non-hydrogen) atoms. The van der Waals surface area contributed by atoms with Gasteiger partial charge in [-0.15, -0.1) is 0 Å². The monoisotopic (exact) mass is 330 g/mol. The molecule has 1 saturated carbocycles. The van der Waals surface area contributed by atoms with Crippen molar-refractivity contribution in [2.75, 3.05) is 0 Å². The van der Waals surface area contributed by atoms with Crippen molar-refractivity contribution < 1.29 is 12.8 Å². The quantitative estimate of drug-likeness (QED) is 0.831. The van der Waals surface area contributed by atoms with Gasteiger partial charge in [-0.1, -0.05) is 32.0 Å². The summed E-state index contributed by atoms with van der Waals surface area (Å²) in [4.78, 5) is -0.166. The predicted molar refractivity (Wildman–Crippen MR) is 84.0 cm³/mol. The first kappa shape index (κ1) is 16.3. The van der Waals surface area contributed by atoms with Crippen LogP contribution in [-0.4, -0.2) is 19.4 Å². The molecule has 1 aliphatic carbocycles. The zero-order valence-electron chi connectivity index (χ0n) is 11.8. The van der Waals surface area contributed by atoms with E-state index in [9.17, 15) is 12.8 Å². The first-order valence-electron chi connectivity index (χ1n) is 6.91. The van der Waals surface area contributed by atoms with Crippen molar-refractivity contribution >= 4 is 27.2 Å². The lowest BCUT2D eigenvalue weighted by Gasteiger charge is -2.27. The minimum atomic E-state index is -3.69. The lowest BCUT2D eigenvalue weighted by atomic mass is 9.88. The van der Waals surface area contributed by atoms with Crippen molar-refractivity contribution in [3.63, 3.8) is 0 Å². The highest BCUT2D eigenvalue weighted by molar-refractivity contribution is 7.89. The maximum Gasteiger partial charge on any atom is 0.240 e. The van der Waals surface area contributed by atoms with Crippen LogP contribution in [0.15, 0.2) is 23.1 Å². The Morgan fingerprint density at radius 3 is 2.76 bits per heavy atom. The minimum Gasteiger partial charge on any atom is -0.389 e. The molecule has 2 atom stereocenters. The number of thiocarbonyl (C=S) groups is 1. The van der Waals surface area contributed by atoms with E-state index in [0.717, 1.165) is 31.7 Å². The number of halogens is 1. The van der Waals surface area contributed by atoms with Gasteiger partial charge in [0.1, 0.15) is 10.8 Å². The molecule has 1 fully saturated rings. The molecule has 0 amide bonds. The van der Waals surface area contributed by atoms with Crippen LogP contribution in [-0.2, 0) is 10.0 Å². The number of nitrogens with one attached hydrogen (secondary N) is 1. The number of nitrogens with two attached hydrogens (primary N) is 1. The lowest BCUT2D eigenvalue weighted by molar-refractivity contribution is 0.327. The van der Waals surface area contributed by atoms with Crippen LogP contribution in [0.2, 0.25) is 0 Å². The summed E-state index contributed by atoms with van der Waals surface area (Å²) in [7, 11) is -3.69. The Bertz CT molecular complexity index is 646. The average Bonchev–Trinajstić information content (AvgIpc) is 2.38. The minimum absolute atomic E-state index is 0.00933. The molecule has 1 aliphatic rings. The number of sulfonamides is 1. The van der Waals surface area contributed by atoms with Crippen LogP contribution in [0.5, 0.6) is 0 Å². The second-order valence-electron chi connectivity index (χ2n) is 5.60. The van der Waals surface area contributed by atoms with Crippen LogP contribution in [0.25, 0.3) is 0 Å². The van der Waals surface area contributed by atoms with Crippen LogP contribution in [0.1, 0.15) is 38.2 Å². The highest BCUT2D eigenvalue weighted by Crippen LogP contribution is 2.25. The van der Waals surface area contributed by atoms with Crippen molar-refractivity contribution in [2.45, 2.75) is 43.5 Å². The Morgan fingerprint density at radius 1 is 1.43 bits per heavy atom. The fourth-order valence-corrected chi connectivity index (χ4v) is 4.15. The molecule has 1 aromatic rings. The van der Waals surface area contributed by atoms with Crippen LogP contribution < -0.4 is 10.5 Å². The van der Waals surface area contributed by atoms with Crippen LogP contribution >= 0.6 is 12.2 Å². The third-order valence-electron chi connectivity index (χ3n) is 3.77. The van der Waals surface area contributed by atoms with Gasteiger partial charge in [-0.05, 0) is 37.0 Å². The number of benzene rings is 1. The fourth-order valence-electron chi connectivity index (χ4n) is 2.69. The predicted octanol–water partition coefficient (Wildman–Crippen LogP) is 2.32. The molecule has 7 heteroatoms. The normalized spacial score (nSPS) is 23.0. The van der Waals surface area contributed by atoms with Gasteiger partial charge in [-0.25, -0.2) is 17.5 Å². The summed E-state index contributed by atoms with van der Waals surface area (Å²) < 4.78 is 41.0. The Hall–Kier alpha value is -1.05. The highest BCUT2D eigenvalue weighted by atomic mass is 32.2. The molecular weight excluding hydrogens is 311 g/mol. The Kier molecular flexibility index (Phi) is 4.95. The zero-order chi connectivity index (χ0) is 15.6. The highest BCUT2D eigenvalue weighted by Gasteiger charge is 2.25. The first-order valence-corrected chi connectivity index (χ1v) is 8.80. The van der Waals surface area contributed by atoms with E-state index in [1.165, 1.54) is 12.1 Å². The van der Waals surface area contributed by atoms with Crippen molar-refractivity contribution in [3.8, 4) is 0 Å². The third kappa shape index (κ3) is 3.99. The molecule has 1 aromatic carbocycles. The Labute approximate surface area is 130 Å².